The highest BCUT2D eigenvalue weighted by atomic mass is 16.5. The number of likely N-dealkylation sites (tertiary alicyclic amines) is 1. The Bertz CT molecular complexity index is 544. The van der Waals surface area contributed by atoms with Gasteiger partial charge in [-0.15, -0.1) is 0 Å². The third kappa shape index (κ3) is 4.77. The van der Waals surface area contributed by atoms with Crippen LogP contribution in [0.4, 0.5) is 0 Å². The highest BCUT2D eigenvalue weighted by molar-refractivity contribution is 5.94. The summed E-state index contributed by atoms with van der Waals surface area (Å²) in [4.78, 5) is 25.5. The first-order valence-corrected chi connectivity index (χ1v) is 7.83. The Morgan fingerprint density at radius 3 is 2.52 bits per heavy atom. The Morgan fingerprint density at radius 2 is 1.91 bits per heavy atom. The van der Waals surface area contributed by atoms with Gasteiger partial charge in [-0.25, -0.2) is 0 Å². The summed E-state index contributed by atoms with van der Waals surface area (Å²) in [7, 11) is 1.63. The molecule has 2 atom stereocenters. The van der Waals surface area contributed by atoms with Crippen molar-refractivity contribution in [3.63, 3.8) is 0 Å². The number of amides is 2. The molecule has 0 aliphatic carbocycles. The van der Waals surface area contributed by atoms with Gasteiger partial charge in [0, 0.05) is 32.7 Å². The summed E-state index contributed by atoms with van der Waals surface area (Å²) in [6.07, 6.45) is 0.382. The number of benzene rings is 1. The van der Waals surface area contributed by atoms with Gasteiger partial charge in [0.15, 0.2) is 0 Å². The van der Waals surface area contributed by atoms with Crippen LogP contribution < -0.4 is 5.32 Å². The number of aliphatic hydroxyl groups is 1. The number of nitrogens with one attached hydrogen (secondary N) is 1. The van der Waals surface area contributed by atoms with Gasteiger partial charge in [-0.3, -0.25) is 9.59 Å². The minimum absolute atomic E-state index is 0.0513. The van der Waals surface area contributed by atoms with E-state index in [1.807, 2.05) is 12.1 Å². The summed E-state index contributed by atoms with van der Waals surface area (Å²) in [6.45, 7) is 2.95. The molecule has 1 fully saturated rings. The van der Waals surface area contributed by atoms with Gasteiger partial charge in [0.05, 0.1) is 18.8 Å². The molecule has 6 heteroatoms. The van der Waals surface area contributed by atoms with E-state index in [-0.39, 0.29) is 17.9 Å². The molecule has 1 aliphatic rings. The SMILES string of the molecule is COCc1ccc(C(=O)N2CC[C@H](NC(C)=O)[C@@H](O)CC2)cc1. The van der Waals surface area contributed by atoms with E-state index >= 15 is 0 Å². The number of carbonyl (C=O) groups excluding carboxylic acids is 2. The monoisotopic (exact) mass is 320 g/mol. The van der Waals surface area contributed by atoms with Crippen molar-refractivity contribution in [2.24, 2.45) is 0 Å². The van der Waals surface area contributed by atoms with Crippen LogP contribution >= 0.6 is 0 Å². The average molecular weight is 320 g/mol. The number of carbonyl (C=O) groups is 2. The smallest absolute Gasteiger partial charge is 0.253 e. The summed E-state index contributed by atoms with van der Waals surface area (Å²) in [5.74, 6) is -0.216. The maximum Gasteiger partial charge on any atom is 0.253 e. The van der Waals surface area contributed by atoms with Gasteiger partial charge in [0.25, 0.3) is 5.91 Å². The largest absolute Gasteiger partial charge is 0.391 e. The van der Waals surface area contributed by atoms with Crippen molar-refractivity contribution in [3.8, 4) is 0 Å². The van der Waals surface area contributed by atoms with Crippen molar-refractivity contribution in [2.75, 3.05) is 20.2 Å². The molecule has 1 aliphatic heterocycles. The van der Waals surface area contributed by atoms with Gasteiger partial charge in [-0.05, 0) is 30.5 Å². The molecule has 6 nitrogen and oxygen atoms in total. The van der Waals surface area contributed by atoms with Crippen molar-refractivity contribution >= 4 is 11.8 Å². The molecule has 0 bridgehead atoms. The topological polar surface area (TPSA) is 78.9 Å². The zero-order chi connectivity index (χ0) is 16.8. The molecular weight excluding hydrogens is 296 g/mol. The highest BCUT2D eigenvalue weighted by Gasteiger charge is 2.27. The minimum Gasteiger partial charge on any atom is -0.391 e. The molecule has 0 spiro atoms. The number of hydrogen-bond acceptors (Lipinski definition) is 4. The predicted molar refractivity (Wildman–Crippen MR) is 85.9 cm³/mol. The first-order chi connectivity index (χ1) is 11.0. The van der Waals surface area contributed by atoms with Gasteiger partial charge in [0.1, 0.15) is 0 Å². The second-order valence-corrected chi connectivity index (χ2v) is 5.87. The van der Waals surface area contributed by atoms with Gasteiger partial charge in [-0.2, -0.15) is 0 Å². The lowest BCUT2D eigenvalue weighted by Gasteiger charge is -2.21. The Hall–Kier alpha value is -1.92. The number of methoxy groups -OCH3 is 1. The van der Waals surface area contributed by atoms with Crippen LogP contribution in [0.1, 0.15) is 35.7 Å². The van der Waals surface area contributed by atoms with E-state index in [0.29, 0.717) is 38.1 Å². The fourth-order valence-corrected chi connectivity index (χ4v) is 2.81. The molecule has 23 heavy (non-hydrogen) atoms. The highest BCUT2D eigenvalue weighted by Crippen LogP contribution is 2.15. The number of nitrogens with zero attached hydrogens (tertiary/aromatic N) is 1. The summed E-state index contributed by atoms with van der Waals surface area (Å²) in [6, 6.07) is 7.05. The van der Waals surface area contributed by atoms with Crippen molar-refractivity contribution in [1.82, 2.24) is 10.2 Å². The van der Waals surface area contributed by atoms with Crippen LogP contribution in [0.3, 0.4) is 0 Å². The first-order valence-electron chi connectivity index (χ1n) is 7.83. The fraction of sp³-hybridized carbons (Fsp3) is 0.529. The Labute approximate surface area is 136 Å². The average Bonchev–Trinajstić information content (AvgIpc) is 2.70. The summed E-state index contributed by atoms with van der Waals surface area (Å²) >= 11 is 0. The van der Waals surface area contributed by atoms with Crippen molar-refractivity contribution in [2.45, 2.75) is 38.5 Å². The molecule has 2 amide bonds. The van der Waals surface area contributed by atoms with Gasteiger partial charge < -0.3 is 20.1 Å². The fourth-order valence-electron chi connectivity index (χ4n) is 2.81. The van der Waals surface area contributed by atoms with Crippen LogP contribution in [0.2, 0.25) is 0 Å². The molecule has 1 aromatic carbocycles. The lowest BCUT2D eigenvalue weighted by molar-refractivity contribution is -0.120. The molecule has 126 valence electrons. The molecule has 2 N–H and O–H groups in total. The number of aliphatic hydroxyl groups excluding tert-OH is 1. The third-order valence-electron chi connectivity index (χ3n) is 4.06. The van der Waals surface area contributed by atoms with Crippen LogP contribution in [0.25, 0.3) is 0 Å². The zero-order valence-corrected chi connectivity index (χ0v) is 13.6. The molecule has 1 aromatic rings. The van der Waals surface area contributed by atoms with E-state index in [1.165, 1.54) is 6.92 Å². The lowest BCUT2D eigenvalue weighted by atomic mass is 10.1. The third-order valence-corrected chi connectivity index (χ3v) is 4.06. The number of rotatable bonds is 4. The molecule has 1 saturated heterocycles. The van der Waals surface area contributed by atoms with Crippen LogP contribution in [-0.4, -0.2) is 54.2 Å². The normalized spacial score (nSPS) is 21.6. The molecule has 0 aromatic heterocycles. The quantitative estimate of drug-likeness (QED) is 0.865. The van der Waals surface area contributed by atoms with Crippen molar-refractivity contribution in [1.29, 1.82) is 0 Å². The van der Waals surface area contributed by atoms with Crippen molar-refractivity contribution in [3.05, 3.63) is 35.4 Å². The van der Waals surface area contributed by atoms with E-state index in [0.717, 1.165) is 5.56 Å². The summed E-state index contributed by atoms with van der Waals surface area (Å²) in [5.41, 5.74) is 1.64. The molecule has 0 saturated carbocycles. The predicted octanol–water partition coefficient (Wildman–Crippen LogP) is 0.935. The molecular formula is C17H24N2O4. The summed E-state index contributed by atoms with van der Waals surface area (Å²) in [5, 5.41) is 12.8. The number of hydrogen-bond donors (Lipinski definition) is 2. The second kappa shape index (κ2) is 8.08. The van der Waals surface area contributed by atoms with Crippen LogP contribution in [0, 0.1) is 0 Å². The Balaban J connectivity index is 2.00. The second-order valence-electron chi connectivity index (χ2n) is 5.87. The summed E-state index contributed by atoms with van der Waals surface area (Å²) < 4.78 is 5.06. The Morgan fingerprint density at radius 1 is 1.26 bits per heavy atom. The maximum atomic E-state index is 12.6. The van der Waals surface area contributed by atoms with E-state index in [4.69, 9.17) is 4.74 Å². The van der Waals surface area contributed by atoms with Crippen LogP contribution in [0.5, 0.6) is 0 Å². The lowest BCUT2D eigenvalue weighted by Crippen LogP contribution is -2.42. The number of ether oxygens (including phenoxy) is 1. The van der Waals surface area contributed by atoms with E-state index in [9.17, 15) is 14.7 Å². The molecule has 2 rings (SSSR count). The molecule has 1 heterocycles. The van der Waals surface area contributed by atoms with Crippen LogP contribution in [0.15, 0.2) is 24.3 Å². The molecule has 0 unspecified atom stereocenters. The van der Waals surface area contributed by atoms with E-state index < -0.39 is 6.10 Å². The zero-order valence-electron chi connectivity index (χ0n) is 13.6. The van der Waals surface area contributed by atoms with Gasteiger partial charge >= 0.3 is 0 Å². The minimum atomic E-state index is -0.624. The maximum absolute atomic E-state index is 12.6. The van der Waals surface area contributed by atoms with E-state index in [2.05, 4.69) is 5.32 Å². The standard InChI is InChI=1S/C17H24N2O4/c1-12(20)18-15-7-9-19(10-8-16(15)21)17(22)14-5-3-13(4-6-14)11-23-2/h3-6,15-16,21H,7-11H2,1-2H3,(H,18,20)/t15-,16-/m0/s1. The molecule has 0 radical (unpaired) electrons. The van der Waals surface area contributed by atoms with E-state index in [1.54, 1.807) is 24.1 Å². The van der Waals surface area contributed by atoms with Gasteiger partial charge in [-0.1, -0.05) is 12.1 Å². The van der Waals surface area contributed by atoms with Gasteiger partial charge in [0.2, 0.25) is 5.91 Å². The van der Waals surface area contributed by atoms with Crippen molar-refractivity contribution < 1.29 is 19.4 Å². The first kappa shape index (κ1) is 17.4. The van der Waals surface area contributed by atoms with Crippen LogP contribution in [-0.2, 0) is 16.1 Å². The Kier molecular flexibility index (Phi) is 6.12.